The van der Waals surface area contributed by atoms with E-state index in [4.69, 9.17) is 0 Å². The number of hydrogen-bond donors (Lipinski definition) is 0. The SMILES string of the molecule is C1=c2ccccc2=CC2C1c1ccccc1N2c1cccc(-c2ccccc2N(c2ccc(-c3ccccc3)c(-c3ccccc3)c2)c2ccc(-c3ccccc3)cc2-c2ccc3ccccc3c2)c1. The molecule has 330 valence electrons. The van der Waals surface area contributed by atoms with Gasteiger partial charge in [-0.15, -0.1) is 0 Å². The highest BCUT2D eigenvalue weighted by Crippen LogP contribution is 2.51. The monoisotopic (exact) mass is 892 g/mol. The van der Waals surface area contributed by atoms with Gasteiger partial charge in [-0.05, 0) is 126 Å². The highest BCUT2D eigenvalue weighted by Gasteiger charge is 2.38. The van der Waals surface area contributed by atoms with Crippen molar-refractivity contribution in [3.8, 4) is 55.6 Å². The summed E-state index contributed by atoms with van der Waals surface area (Å²) in [5.74, 6) is 0.252. The van der Waals surface area contributed by atoms with E-state index in [1.165, 1.54) is 71.5 Å². The van der Waals surface area contributed by atoms with Crippen LogP contribution >= 0.6 is 0 Å². The maximum atomic E-state index is 2.56. The van der Waals surface area contributed by atoms with Gasteiger partial charge >= 0.3 is 0 Å². The first kappa shape index (κ1) is 41.2. The lowest BCUT2D eigenvalue weighted by Gasteiger charge is -2.32. The summed E-state index contributed by atoms with van der Waals surface area (Å²) >= 11 is 0. The molecule has 0 fully saturated rings. The fourth-order valence-electron chi connectivity index (χ4n) is 11.0. The smallest absolute Gasteiger partial charge is 0.0635 e. The zero-order valence-corrected chi connectivity index (χ0v) is 38.6. The lowest BCUT2D eigenvalue weighted by atomic mass is 9.89. The third kappa shape index (κ3) is 7.39. The van der Waals surface area contributed by atoms with Crippen molar-refractivity contribution in [2.24, 2.45) is 0 Å². The average molecular weight is 893 g/mol. The summed E-state index contributed by atoms with van der Waals surface area (Å²) in [6, 6.07) is 98.0. The fraction of sp³-hybridized carbons (Fsp3) is 0.0294. The summed E-state index contributed by atoms with van der Waals surface area (Å²) in [6.45, 7) is 0. The average Bonchev–Trinajstić information content (AvgIpc) is 3.76. The Hall–Kier alpha value is -8.98. The number of para-hydroxylation sites is 2. The second kappa shape index (κ2) is 17.6. The van der Waals surface area contributed by atoms with Gasteiger partial charge in [-0.25, -0.2) is 0 Å². The maximum absolute atomic E-state index is 2.56. The largest absolute Gasteiger partial charge is 0.333 e. The van der Waals surface area contributed by atoms with Crippen molar-refractivity contribution in [3.05, 3.63) is 283 Å². The molecule has 11 aromatic rings. The molecule has 1 aliphatic heterocycles. The molecule has 0 aromatic heterocycles. The lowest BCUT2D eigenvalue weighted by molar-refractivity contribution is 0.802. The number of benzene rings is 11. The Morgan fingerprint density at radius 1 is 0.314 bits per heavy atom. The standard InChI is InChI=1S/C68H48N2/c1-4-19-47(20-5-1)54-37-40-67(63(43-54)56-36-35-48-21-10-11-26-51(48)41-56)69(58-38-39-59(49-22-6-2-7-23-49)62(46-58)50-24-8-3-9-25-50)65-33-16-14-31-60(65)55-29-18-30-57(42-55)70-66-34-17-15-32-61(66)64-44-52-27-12-13-28-53(52)45-68(64)70/h1-46,64,68H. The first-order valence-electron chi connectivity index (χ1n) is 24.3. The molecule has 2 aliphatic rings. The molecule has 2 unspecified atom stereocenters. The first-order chi connectivity index (χ1) is 34.7. The van der Waals surface area contributed by atoms with Crippen molar-refractivity contribution in [2.45, 2.75) is 12.0 Å². The van der Waals surface area contributed by atoms with Gasteiger partial charge in [-0.3, -0.25) is 0 Å². The van der Waals surface area contributed by atoms with E-state index in [0.29, 0.717) is 0 Å². The number of nitrogens with zero attached hydrogens (tertiary/aromatic N) is 2. The molecule has 70 heavy (non-hydrogen) atoms. The van der Waals surface area contributed by atoms with E-state index in [1.54, 1.807) is 0 Å². The summed E-state index contributed by atoms with van der Waals surface area (Å²) in [7, 11) is 0. The fourth-order valence-corrected chi connectivity index (χ4v) is 11.0. The Balaban J connectivity index is 1.04. The predicted molar refractivity (Wildman–Crippen MR) is 296 cm³/mol. The molecule has 2 atom stereocenters. The van der Waals surface area contributed by atoms with Crippen molar-refractivity contribution < 1.29 is 0 Å². The van der Waals surface area contributed by atoms with Crippen LogP contribution in [0.5, 0.6) is 0 Å². The van der Waals surface area contributed by atoms with Gasteiger partial charge in [0.2, 0.25) is 0 Å². The summed E-state index contributed by atoms with van der Waals surface area (Å²) < 4.78 is 0. The molecule has 1 aliphatic carbocycles. The third-order valence-electron chi connectivity index (χ3n) is 14.3. The van der Waals surface area contributed by atoms with Crippen LogP contribution < -0.4 is 20.2 Å². The molecule has 2 nitrogen and oxygen atoms in total. The van der Waals surface area contributed by atoms with Crippen molar-refractivity contribution in [1.29, 1.82) is 0 Å². The molecule has 2 heteroatoms. The van der Waals surface area contributed by atoms with Crippen LogP contribution in [0, 0.1) is 0 Å². The molecule has 0 bridgehead atoms. The lowest BCUT2D eigenvalue weighted by Crippen LogP contribution is -2.38. The van der Waals surface area contributed by atoms with Gasteiger partial charge in [0.25, 0.3) is 0 Å². The molecule has 11 aromatic carbocycles. The Labute approximate surface area is 409 Å². The van der Waals surface area contributed by atoms with E-state index in [-0.39, 0.29) is 12.0 Å². The Kier molecular flexibility index (Phi) is 10.4. The van der Waals surface area contributed by atoms with Gasteiger partial charge in [-0.1, -0.05) is 224 Å². The minimum absolute atomic E-state index is 0.154. The molecule has 0 radical (unpaired) electrons. The van der Waals surface area contributed by atoms with E-state index in [2.05, 4.69) is 289 Å². The molecule has 0 spiro atoms. The van der Waals surface area contributed by atoms with E-state index in [9.17, 15) is 0 Å². The minimum atomic E-state index is 0.154. The Morgan fingerprint density at radius 3 is 1.71 bits per heavy atom. The molecule has 13 rings (SSSR count). The topological polar surface area (TPSA) is 6.48 Å². The molecule has 0 amide bonds. The van der Waals surface area contributed by atoms with Gasteiger partial charge < -0.3 is 9.80 Å². The van der Waals surface area contributed by atoms with Crippen molar-refractivity contribution in [2.75, 3.05) is 9.80 Å². The summed E-state index contributed by atoms with van der Waals surface area (Å²) in [6.07, 6.45) is 4.94. The number of hydrogen-bond acceptors (Lipinski definition) is 2. The third-order valence-corrected chi connectivity index (χ3v) is 14.3. The van der Waals surface area contributed by atoms with Crippen LogP contribution in [0.15, 0.2) is 267 Å². The van der Waals surface area contributed by atoms with Crippen LogP contribution in [0.3, 0.4) is 0 Å². The van der Waals surface area contributed by atoms with Gasteiger partial charge in [0.1, 0.15) is 0 Å². The molecule has 0 N–H and O–H groups in total. The van der Waals surface area contributed by atoms with Gasteiger partial charge in [0, 0.05) is 34.1 Å². The van der Waals surface area contributed by atoms with Crippen molar-refractivity contribution in [1.82, 2.24) is 0 Å². The molecular formula is C68H48N2. The van der Waals surface area contributed by atoms with Crippen LogP contribution in [-0.2, 0) is 0 Å². The second-order valence-electron chi connectivity index (χ2n) is 18.4. The minimum Gasteiger partial charge on any atom is -0.333 e. The van der Waals surface area contributed by atoms with Crippen LogP contribution in [0.4, 0.5) is 28.4 Å². The predicted octanol–water partition coefficient (Wildman–Crippen LogP) is 16.5. The highest BCUT2D eigenvalue weighted by atomic mass is 15.2. The maximum Gasteiger partial charge on any atom is 0.0635 e. The van der Waals surface area contributed by atoms with E-state index >= 15 is 0 Å². The van der Waals surface area contributed by atoms with E-state index in [1.807, 2.05) is 0 Å². The van der Waals surface area contributed by atoms with E-state index in [0.717, 1.165) is 39.3 Å². The van der Waals surface area contributed by atoms with Crippen molar-refractivity contribution >= 4 is 51.4 Å². The zero-order chi connectivity index (χ0) is 46.4. The highest BCUT2D eigenvalue weighted by molar-refractivity contribution is 5.99. The quantitative estimate of drug-likeness (QED) is 0.142. The number of fused-ring (bicyclic) bond motifs is 5. The van der Waals surface area contributed by atoms with Gasteiger partial charge in [-0.2, -0.15) is 0 Å². The second-order valence-corrected chi connectivity index (χ2v) is 18.4. The molecule has 0 saturated heterocycles. The van der Waals surface area contributed by atoms with Crippen LogP contribution in [0.2, 0.25) is 0 Å². The van der Waals surface area contributed by atoms with Crippen LogP contribution in [0.1, 0.15) is 11.5 Å². The number of rotatable bonds is 9. The normalized spacial score (nSPS) is 14.5. The van der Waals surface area contributed by atoms with Crippen molar-refractivity contribution in [3.63, 3.8) is 0 Å². The summed E-state index contributed by atoms with van der Waals surface area (Å²) in [5, 5.41) is 5.01. The number of anilines is 5. The first-order valence-corrected chi connectivity index (χ1v) is 24.3. The van der Waals surface area contributed by atoms with E-state index < -0.39 is 0 Å². The molecule has 1 heterocycles. The van der Waals surface area contributed by atoms with Crippen LogP contribution in [-0.4, -0.2) is 6.04 Å². The molecular weight excluding hydrogens is 845 g/mol. The van der Waals surface area contributed by atoms with Crippen LogP contribution in [0.25, 0.3) is 78.6 Å². The Bertz CT molecular complexity index is 3860. The zero-order valence-electron chi connectivity index (χ0n) is 38.6. The Morgan fingerprint density at radius 2 is 0.914 bits per heavy atom. The summed E-state index contributed by atoms with van der Waals surface area (Å²) in [5.41, 5.74) is 18.7. The van der Waals surface area contributed by atoms with Gasteiger partial charge in [0.05, 0.1) is 17.4 Å². The molecule has 0 saturated carbocycles. The summed E-state index contributed by atoms with van der Waals surface area (Å²) in [4.78, 5) is 5.06. The van der Waals surface area contributed by atoms with Gasteiger partial charge in [0.15, 0.2) is 0 Å².